The fraction of sp³-hybridized carbons (Fsp3) is 0.400. The van der Waals surface area contributed by atoms with E-state index >= 15 is 0 Å². The van der Waals surface area contributed by atoms with Crippen LogP contribution in [0.1, 0.15) is 36.8 Å². The van der Waals surface area contributed by atoms with Gasteiger partial charge in [-0.2, -0.15) is 0 Å². The van der Waals surface area contributed by atoms with E-state index in [-0.39, 0.29) is 6.04 Å². The monoisotopic (exact) mass is 377 g/mol. The Morgan fingerprint density at radius 3 is 1.85 bits per heavy atom. The summed E-state index contributed by atoms with van der Waals surface area (Å²) in [5.74, 6) is -0.594. The number of hydrogen-bond acceptors (Lipinski definition) is 5. The maximum Gasteiger partial charge on any atom is 0.351 e. The van der Waals surface area contributed by atoms with Gasteiger partial charge in [-0.1, -0.05) is 60.7 Å². The Morgan fingerprint density at radius 1 is 0.885 bits per heavy atom. The highest BCUT2D eigenvalue weighted by Gasteiger charge is 2.38. The summed E-state index contributed by atoms with van der Waals surface area (Å²) in [6, 6.07) is 19.4. The lowest BCUT2D eigenvalue weighted by Crippen LogP contribution is -2.30. The summed E-state index contributed by atoms with van der Waals surface area (Å²) in [5.41, 5.74) is 1.91. The SMILES string of the molecule is CCOP(=O)(OCC)[C@@H](N[C@H](COC)c1ccccc1)c1ccccc1. The van der Waals surface area contributed by atoms with Crippen molar-refractivity contribution in [1.82, 2.24) is 5.32 Å². The first-order valence-electron chi connectivity index (χ1n) is 8.88. The summed E-state index contributed by atoms with van der Waals surface area (Å²) < 4.78 is 30.2. The number of benzene rings is 2. The third kappa shape index (κ3) is 5.50. The number of hydrogen-bond donors (Lipinski definition) is 1. The second-order valence-corrected chi connectivity index (χ2v) is 7.89. The Bertz CT molecular complexity index is 671. The van der Waals surface area contributed by atoms with Crippen LogP contribution in [0.3, 0.4) is 0 Å². The molecule has 0 saturated heterocycles. The normalized spacial score (nSPS) is 14.1. The van der Waals surface area contributed by atoms with Gasteiger partial charge in [-0.15, -0.1) is 0 Å². The lowest BCUT2D eigenvalue weighted by Gasteiger charge is -2.31. The Balaban J connectivity index is 2.40. The summed E-state index contributed by atoms with van der Waals surface area (Å²) >= 11 is 0. The van der Waals surface area contributed by atoms with E-state index in [4.69, 9.17) is 13.8 Å². The second-order valence-electron chi connectivity index (χ2n) is 5.77. The van der Waals surface area contributed by atoms with E-state index in [0.717, 1.165) is 11.1 Å². The first-order valence-corrected chi connectivity index (χ1v) is 10.5. The first kappa shape index (κ1) is 20.8. The van der Waals surface area contributed by atoms with Gasteiger partial charge in [-0.25, -0.2) is 0 Å². The molecule has 0 aromatic heterocycles. The minimum absolute atomic E-state index is 0.152. The zero-order valence-corrected chi connectivity index (χ0v) is 16.5. The molecule has 2 rings (SSSR count). The Hall–Kier alpha value is -1.49. The van der Waals surface area contributed by atoms with Crippen LogP contribution < -0.4 is 5.32 Å². The zero-order valence-electron chi connectivity index (χ0n) is 15.6. The van der Waals surface area contributed by atoms with Crippen molar-refractivity contribution in [2.75, 3.05) is 26.9 Å². The summed E-state index contributed by atoms with van der Waals surface area (Å²) in [7, 11) is -1.76. The van der Waals surface area contributed by atoms with Crippen LogP contribution in [0.5, 0.6) is 0 Å². The van der Waals surface area contributed by atoms with Crippen LogP contribution in [0, 0.1) is 0 Å². The fourth-order valence-electron chi connectivity index (χ4n) is 2.83. The lowest BCUT2D eigenvalue weighted by molar-refractivity contribution is 0.157. The molecule has 0 fully saturated rings. The molecule has 0 amide bonds. The molecule has 0 unspecified atom stereocenters. The molecule has 26 heavy (non-hydrogen) atoms. The molecular weight excluding hydrogens is 349 g/mol. The first-order chi connectivity index (χ1) is 12.6. The number of nitrogens with one attached hydrogen (secondary N) is 1. The van der Waals surface area contributed by atoms with Gasteiger partial charge in [0, 0.05) is 7.11 Å². The van der Waals surface area contributed by atoms with Crippen LogP contribution in [0.2, 0.25) is 0 Å². The van der Waals surface area contributed by atoms with Gasteiger partial charge in [0.2, 0.25) is 0 Å². The highest BCUT2D eigenvalue weighted by molar-refractivity contribution is 7.54. The molecule has 0 bridgehead atoms. The second kappa shape index (κ2) is 10.6. The van der Waals surface area contributed by atoms with Crippen molar-refractivity contribution in [3.05, 3.63) is 71.8 Å². The minimum atomic E-state index is -3.42. The molecular formula is C20H28NO4P. The smallest absolute Gasteiger partial charge is 0.351 e. The molecule has 0 heterocycles. The maximum atomic E-state index is 13.5. The van der Waals surface area contributed by atoms with Crippen LogP contribution in [-0.2, 0) is 18.3 Å². The van der Waals surface area contributed by atoms with Crippen LogP contribution in [0.15, 0.2) is 60.7 Å². The standard InChI is InChI=1S/C20H28NO4P/c1-4-24-26(22,25-5-2)20(18-14-10-7-11-15-18)21-19(16-23-3)17-12-8-6-9-13-17/h6-15,19-21H,4-5,16H2,1-3H3/t19-,20-/m1/s1. The van der Waals surface area contributed by atoms with Gasteiger partial charge in [-0.05, 0) is 25.0 Å². The Morgan fingerprint density at radius 2 is 1.38 bits per heavy atom. The molecule has 2 atom stereocenters. The summed E-state index contributed by atoms with van der Waals surface area (Å²) in [4.78, 5) is 0. The van der Waals surface area contributed by atoms with E-state index in [1.54, 1.807) is 7.11 Å². The van der Waals surface area contributed by atoms with E-state index in [1.807, 2.05) is 74.5 Å². The molecule has 0 aliphatic heterocycles. The minimum Gasteiger partial charge on any atom is -0.383 e. The van der Waals surface area contributed by atoms with Crippen molar-refractivity contribution >= 4 is 7.60 Å². The van der Waals surface area contributed by atoms with Crippen LogP contribution in [0.25, 0.3) is 0 Å². The van der Waals surface area contributed by atoms with E-state index in [9.17, 15) is 4.57 Å². The third-order valence-corrected chi connectivity index (χ3v) is 6.26. The summed E-state index contributed by atoms with van der Waals surface area (Å²) in [6.45, 7) is 4.69. The topological polar surface area (TPSA) is 56.8 Å². The highest BCUT2D eigenvalue weighted by atomic mass is 31.2. The van der Waals surface area contributed by atoms with E-state index in [0.29, 0.717) is 19.8 Å². The Labute approximate surface area is 156 Å². The molecule has 142 valence electrons. The van der Waals surface area contributed by atoms with Crippen LogP contribution in [-0.4, -0.2) is 26.9 Å². The van der Waals surface area contributed by atoms with Gasteiger partial charge >= 0.3 is 7.60 Å². The lowest BCUT2D eigenvalue weighted by atomic mass is 10.1. The van der Waals surface area contributed by atoms with Gasteiger partial charge < -0.3 is 13.8 Å². The highest BCUT2D eigenvalue weighted by Crippen LogP contribution is 2.60. The molecule has 0 spiro atoms. The van der Waals surface area contributed by atoms with Crippen molar-refractivity contribution in [2.45, 2.75) is 25.7 Å². The van der Waals surface area contributed by atoms with Crippen molar-refractivity contribution < 1.29 is 18.3 Å². The summed E-state index contributed by atoms with van der Waals surface area (Å²) in [5, 5.41) is 3.46. The zero-order chi connectivity index (χ0) is 18.8. The molecule has 0 saturated carbocycles. The fourth-order valence-corrected chi connectivity index (χ4v) is 4.83. The van der Waals surface area contributed by atoms with Gasteiger partial charge in [0.15, 0.2) is 0 Å². The van der Waals surface area contributed by atoms with Crippen molar-refractivity contribution in [1.29, 1.82) is 0 Å². The van der Waals surface area contributed by atoms with Gasteiger partial charge in [0.05, 0.1) is 25.9 Å². The average molecular weight is 377 g/mol. The van der Waals surface area contributed by atoms with Gasteiger partial charge in [0.1, 0.15) is 5.78 Å². The molecule has 5 nitrogen and oxygen atoms in total. The largest absolute Gasteiger partial charge is 0.383 e. The van der Waals surface area contributed by atoms with Crippen LogP contribution >= 0.6 is 7.60 Å². The predicted molar refractivity (Wildman–Crippen MR) is 104 cm³/mol. The van der Waals surface area contributed by atoms with Crippen molar-refractivity contribution in [2.24, 2.45) is 0 Å². The van der Waals surface area contributed by atoms with E-state index in [1.165, 1.54) is 0 Å². The molecule has 0 aliphatic rings. The predicted octanol–water partition coefficient (Wildman–Crippen LogP) is 4.93. The number of rotatable bonds is 11. The van der Waals surface area contributed by atoms with E-state index < -0.39 is 13.4 Å². The molecule has 2 aromatic carbocycles. The van der Waals surface area contributed by atoms with Crippen molar-refractivity contribution in [3.63, 3.8) is 0 Å². The van der Waals surface area contributed by atoms with Gasteiger partial charge in [-0.3, -0.25) is 9.88 Å². The molecule has 0 aliphatic carbocycles. The quantitative estimate of drug-likeness (QED) is 0.563. The molecule has 0 radical (unpaired) electrons. The Kier molecular flexibility index (Phi) is 8.49. The molecule has 2 aromatic rings. The number of ether oxygens (including phenoxy) is 1. The van der Waals surface area contributed by atoms with Crippen molar-refractivity contribution in [3.8, 4) is 0 Å². The third-order valence-electron chi connectivity index (χ3n) is 3.94. The maximum absolute atomic E-state index is 13.5. The van der Waals surface area contributed by atoms with E-state index in [2.05, 4.69) is 5.32 Å². The summed E-state index contributed by atoms with van der Waals surface area (Å²) in [6.07, 6.45) is 0. The number of methoxy groups -OCH3 is 1. The molecule has 1 N–H and O–H groups in total. The van der Waals surface area contributed by atoms with Gasteiger partial charge in [0.25, 0.3) is 0 Å². The van der Waals surface area contributed by atoms with Crippen LogP contribution in [0.4, 0.5) is 0 Å². The molecule has 6 heteroatoms. The average Bonchev–Trinajstić information content (AvgIpc) is 2.67.